The van der Waals surface area contributed by atoms with Gasteiger partial charge in [0.1, 0.15) is 0 Å². The van der Waals surface area contributed by atoms with Gasteiger partial charge in [-0.25, -0.2) is 13.8 Å². The van der Waals surface area contributed by atoms with E-state index in [-0.39, 0.29) is 0 Å². The Hall–Kier alpha value is -1.33. The van der Waals surface area contributed by atoms with Gasteiger partial charge in [-0.15, -0.1) is 11.3 Å². The fraction of sp³-hybridized carbons (Fsp3) is 0.182. The number of thiazole rings is 1. The summed E-state index contributed by atoms with van der Waals surface area (Å²) in [7, 11) is 0. The Labute approximate surface area is 95.7 Å². The van der Waals surface area contributed by atoms with E-state index < -0.39 is 17.7 Å². The second-order valence-corrected chi connectivity index (χ2v) is 4.34. The van der Waals surface area contributed by atoms with Crippen molar-refractivity contribution in [1.29, 1.82) is 0 Å². The minimum Gasteiger partial charge on any atom is -0.320 e. The molecule has 0 fully saturated rings. The molecule has 0 saturated heterocycles. The van der Waals surface area contributed by atoms with Gasteiger partial charge >= 0.3 is 0 Å². The SMILES string of the molecule is Cc1ncsc1C(N)c1ccc(F)c(F)c1. The highest BCUT2D eigenvalue weighted by Gasteiger charge is 2.15. The Balaban J connectivity index is 2.38. The molecule has 2 nitrogen and oxygen atoms in total. The number of halogens is 2. The third-order valence-electron chi connectivity index (χ3n) is 2.37. The minimum absolute atomic E-state index is 0.456. The molecular weight excluding hydrogens is 230 g/mol. The summed E-state index contributed by atoms with van der Waals surface area (Å²) in [6.07, 6.45) is 0. The maximum Gasteiger partial charge on any atom is 0.159 e. The lowest BCUT2D eigenvalue weighted by Gasteiger charge is -2.10. The van der Waals surface area contributed by atoms with E-state index in [1.165, 1.54) is 17.4 Å². The molecule has 0 radical (unpaired) electrons. The van der Waals surface area contributed by atoms with Gasteiger partial charge in [-0.1, -0.05) is 6.07 Å². The zero-order valence-electron chi connectivity index (χ0n) is 8.58. The molecule has 0 spiro atoms. The van der Waals surface area contributed by atoms with Gasteiger partial charge < -0.3 is 5.73 Å². The molecule has 2 aromatic rings. The first-order valence-corrected chi connectivity index (χ1v) is 5.58. The van der Waals surface area contributed by atoms with Crippen molar-refractivity contribution in [2.24, 2.45) is 5.73 Å². The fourth-order valence-electron chi connectivity index (χ4n) is 1.47. The largest absolute Gasteiger partial charge is 0.320 e. The summed E-state index contributed by atoms with van der Waals surface area (Å²) in [6.45, 7) is 1.84. The van der Waals surface area contributed by atoms with Crippen molar-refractivity contribution >= 4 is 11.3 Å². The number of nitrogens with two attached hydrogens (primary N) is 1. The zero-order chi connectivity index (χ0) is 11.7. The van der Waals surface area contributed by atoms with E-state index in [1.807, 2.05) is 6.92 Å². The Morgan fingerprint density at radius 2 is 2.06 bits per heavy atom. The molecule has 1 aromatic carbocycles. The molecular formula is C11H10F2N2S. The molecule has 1 heterocycles. The minimum atomic E-state index is -0.880. The highest BCUT2D eigenvalue weighted by atomic mass is 32.1. The van der Waals surface area contributed by atoms with Crippen LogP contribution in [0.3, 0.4) is 0 Å². The molecule has 1 unspecified atom stereocenters. The van der Waals surface area contributed by atoms with Crippen LogP contribution in [-0.4, -0.2) is 4.98 Å². The van der Waals surface area contributed by atoms with E-state index in [4.69, 9.17) is 5.73 Å². The smallest absolute Gasteiger partial charge is 0.159 e. The predicted molar refractivity (Wildman–Crippen MR) is 59.2 cm³/mol. The summed E-state index contributed by atoms with van der Waals surface area (Å²) >= 11 is 1.41. The Bertz CT molecular complexity index is 510. The summed E-state index contributed by atoms with van der Waals surface area (Å²) in [4.78, 5) is 4.94. The van der Waals surface area contributed by atoms with Gasteiger partial charge in [-0.05, 0) is 24.6 Å². The molecule has 1 atom stereocenters. The average Bonchev–Trinajstić information content (AvgIpc) is 2.67. The molecule has 0 aliphatic rings. The normalized spacial score (nSPS) is 12.8. The molecule has 0 aliphatic carbocycles. The van der Waals surface area contributed by atoms with Crippen LogP contribution in [0.5, 0.6) is 0 Å². The zero-order valence-corrected chi connectivity index (χ0v) is 9.39. The summed E-state index contributed by atoms with van der Waals surface area (Å²) in [6, 6.07) is 3.24. The van der Waals surface area contributed by atoms with Crippen molar-refractivity contribution in [1.82, 2.24) is 4.98 Å². The molecule has 16 heavy (non-hydrogen) atoms. The number of aryl methyl sites for hydroxylation is 1. The molecule has 2 N–H and O–H groups in total. The fourth-order valence-corrected chi connectivity index (χ4v) is 2.30. The Morgan fingerprint density at radius 1 is 1.31 bits per heavy atom. The molecule has 5 heteroatoms. The van der Waals surface area contributed by atoms with Crippen LogP contribution in [0.4, 0.5) is 8.78 Å². The van der Waals surface area contributed by atoms with Crippen LogP contribution in [0, 0.1) is 18.6 Å². The molecule has 1 aromatic heterocycles. The number of aromatic nitrogens is 1. The maximum absolute atomic E-state index is 13.0. The first kappa shape index (κ1) is 11.2. The lowest BCUT2D eigenvalue weighted by atomic mass is 10.1. The van der Waals surface area contributed by atoms with E-state index in [0.29, 0.717) is 5.56 Å². The van der Waals surface area contributed by atoms with Crippen LogP contribution in [0.25, 0.3) is 0 Å². The van der Waals surface area contributed by atoms with Crippen molar-refractivity contribution in [3.05, 3.63) is 51.5 Å². The van der Waals surface area contributed by atoms with Gasteiger partial charge in [0, 0.05) is 4.88 Å². The van der Waals surface area contributed by atoms with Crippen molar-refractivity contribution in [3.8, 4) is 0 Å². The third-order valence-corrected chi connectivity index (χ3v) is 3.38. The van der Waals surface area contributed by atoms with Crippen molar-refractivity contribution < 1.29 is 8.78 Å². The molecule has 0 amide bonds. The summed E-state index contributed by atoms with van der Waals surface area (Å²) in [5.41, 5.74) is 9.02. The summed E-state index contributed by atoms with van der Waals surface area (Å²) in [5, 5.41) is 0. The van der Waals surface area contributed by atoms with E-state index in [2.05, 4.69) is 4.98 Å². The van der Waals surface area contributed by atoms with Crippen LogP contribution in [0.15, 0.2) is 23.7 Å². The summed E-state index contributed by atoms with van der Waals surface area (Å²) in [5.74, 6) is -1.74. The van der Waals surface area contributed by atoms with E-state index in [0.717, 1.165) is 22.7 Å². The predicted octanol–water partition coefficient (Wildman–Crippen LogP) is 2.78. The Morgan fingerprint density at radius 3 is 2.62 bits per heavy atom. The maximum atomic E-state index is 13.0. The molecule has 0 saturated carbocycles. The molecule has 0 aliphatic heterocycles. The van der Waals surface area contributed by atoms with Crippen molar-refractivity contribution in [3.63, 3.8) is 0 Å². The molecule has 2 rings (SSSR count). The first-order chi connectivity index (χ1) is 7.59. The van der Waals surface area contributed by atoms with Crippen LogP contribution in [0.1, 0.15) is 22.2 Å². The second kappa shape index (κ2) is 4.27. The van der Waals surface area contributed by atoms with Gasteiger partial charge in [0.2, 0.25) is 0 Å². The topological polar surface area (TPSA) is 38.9 Å². The van der Waals surface area contributed by atoms with Crippen LogP contribution < -0.4 is 5.73 Å². The highest BCUT2D eigenvalue weighted by Crippen LogP contribution is 2.26. The number of nitrogens with zero attached hydrogens (tertiary/aromatic N) is 1. The average molecular weight is 240 g/mol. The van der Waals surface area contributed by atoms with Crippen LogP contribution >= 0.6 is 11.3 Å². The van der Waals surface area contributed by atoms with E-state index in [1.54, 1.807) is 5.51 Å². The van der Waals surface area contributed by atoms with Crippen LogP contribution in [0.2, 0.25) is 0 Å². The van der Waals surface area contributed by atoms with Crippen molar-refractivity contribution in [2.75, 3.05) is 0 Å². The number of hydrogen-bond donors (Lipinski definition) is 1. The van der Waals surface area contributed by atoms with Gasteiger partial charge in [0.15, 0.2) is 11.6 Å². The number of benzene rings is 1. The second-order valence-electron chi connectivity index (χ2n) is 3.45. The standard InChI is InChI=1S/C11H10F2N2S/c1-6-11(16-5-15-6)10(14)7-2-3-8(12)9(13)4-7/h2-5,10H,14H2,1H3. The quantitative estimate of drug-likeness (QED) is 0.876. The first-order valence-electron chi connectivity index (χ1n) is 4.70. The van der Waals surface area contributed by atoms with Crippen molar-refractivity contribution in [2.45, 2.75) is 13.0 Å². The van der Waals surface area contributed by atoms with Gasteiger partial charge in [-0.3, -0.25) is 0 Å². The molecule has 0 bridgehead atoms. The van der Waals surface area contributed by atoms with Gasteiger partial charge in [-0.2, -0.15) is 0 Å². The van der Waals surface area contributed by atoms with E-state index >= 15 is 0 Å². The lowest BCUT2D eigenvalue weighted by Crippen LogP contribution is -2.12. The number of rotatable bonds is 2. The highest BCUT2D eigenvalue weighted by molar-refractivity contribution is 7.09. The van der Waals surface area contributed by atoms with Gasteiger partial charge in [0.05, 0.1) is 17.2 Å². The third kappa shape index (κ3) is 1.96. The monoisotopic (exact) mass is 240 g/mol. The lowest BCUT2D eigenvalue weighted by molar-refractivity contribution is 0.506. The summed E-state index contributed by atoms with van der Waals surface area (Å²) < 4.78 is 25.8. The molecule has 84 valence electrons. The van der Waals surface area contributed by atoms with Gasteiger partial charge in [0.25, 0.3) is 0 Å². The van der Waals surface area contributed by atoms with E-state index in [9.17, 15) is 8.78 Å². The Kier molecular flexibility index (Phi) is 2.98. The number of hydrogen-bond acceptors (Lipinski definition) is 3. The van der Waals surface area contributed by atoms with Crippen LogP contribution in [-0.2, 0) is 0 Å².